The number of carbonyl (C=O) groups is 4. The van der Waals surface area contributed by atoms with Crippen LogP contribution < -0.4 is 0 Å². The van der Waals surface area contributed by atoms with Crippen LogP contribution in [0.5, 0.6) is 0 Å². The van der Waals surface area contributed by atoms with Gasteiger partial charge in [0.05, 0.1) is 12.7 Å². The van der Waals surface area contributed by atoms with Gasteiger partial charge >= 0.3 is 6.16 Å². The van der Waals surface area contributed by atoms with Crippen LogP contribution in [0.3, 0.4) is 0 Å². The predicted octanol–water partition coefficient (Wildman–Crippen LogP) is 7.57. The maximum atomic E-state index is 13.5. The molecule has 2 spiro atoms. The Morgan fingerprint density at radius 3 is 1.48 bits per heavy atom. The Morgan fingerprint density at radius 1 is 0.700 bits per heavy atom. The molecular formula is C46H58N4O8S2. The third kappa shape index (κ3) is 10.3. The van der Waals surface area contributed by atoms with E-state index in [9.17, 15) is 27.6 Å². The normalized spacial score (nSPS) is 21.4. The zero-order chi connectivity index (χ0) is 44.4. The van der Waals surface area contributed by atoms with E-state index in [0.717, 1.165) is 44.5 Å². The first-order valence-electron chi connectivity index (χ1n) is 20.2. The number of allylic oxidation sites excluding steroid dienone is 2. The molecule has 2 aromatic rings. The van der Waals surface area contributed by atoms with Gasteiger partial charge in [0.2, 0.25) is 0 Å². The molecule has 60 heavy (non-hydrogen) atoms. The molecule has 0 amide bonds. The molecule has 2 atom stereocenters. The second-order valence-corrected chi connectivity index (χ2v) is 21.3. The van der Waals surface area contributed by atoms with E-state index in [4.69, 9.17) is 19.0 Å². The SMILES string of the molecule is CC#Cc1cc(C)c(C2=C(OC(=O)OC)CC3(CCN(S(C)(=N)=O)CC3)CC2=O)c(C)c1.CC#Cc1cc(C)c(C2C(=O)CC3(CCN(S(C)(=N)=O)CC3)CC2=O)c(C)c1. The molecule has 3 fully saturated rings. The summed E-state index contributed by atoms with van der Waals surface area (Å²) < 4.78 is 53.3. The van der Waals surface area contributed by atoms with E-state index in [2.05, 4.69) is 23.7 Å². The van der Waals surface area contributed by atoms with E-state index in [1.54, 1.807) is 22.5 Å². The molecule has 1 saturated carbocycles. The maximum Gasteiger partial charge on any atom is 0.513 e. The Hall–Kier alpha value is -4.60. The summed E-state index contributed by atoms with van der Waals surface area (Å²) in [6.07, 6.45) is 5.98. The molecule has 12 nitrogen and oxygen atoms in total. The molecule has 2 unspecified atom stereocenters. The van der Waals surface area contributed by atoms with Gasteiger partial charge in [0.1, 0.15) is 43.1 Å². The van der Waals surface area contributed by atoms with Crippen molar-refractivity contribution in [3.8, 4) is 23.7 Å². The van der Waals surface area contributed by atoms with E-state index in [1.807, 2.05) is 52.0 Å². The van der Waals surface area contributed by atoms with Crippen molar-refractivity contribution < 1.29 is 37.1 Å². The molecule has 322 valence electrons. The second kappa shape index (κ2) is 18.2. The van der Waals surface area contributed by atoms with Crippen LogP contribution in [-0.4, -0.2) is 86.3 Å². The molecule has 0 aromatic heterocycles. The smallest absolute Gasteiger partial charge is 0.437 e. The van der Waals surface area contributed by atoms with Crippen LogP contribution in [0.4, 0.5) is 4.79 Å². The van der Waals surface area contributed by atoms with Gasteiger partial charge in [-0.2, -0.15) is 0 Å². The molecule has 0 radical (unpaired) electrons. The van der Waals surface area contributed by atoms with Crippen molar-refractivity contribution >= 4 is 48.9 Å². The molecular weight excluding hydrogens is 801 g/mol. The molecule has 14 heteroatoms. The highest BCUT2D eigenvalue weighted by Crippen LogP contribution is 2.50. The summed E-state index contributed by atoms with van der Waals surface area (Å²) in [6, 6.07) is 7.77. The molecule has 2 heterocycles. The number of ketones is 3. The minimum Gasteiger partial charge on any atom is -0.437 e. The summed E-state index contributed by atoms with van der Waals surface area (Å²) in [7, 11) is -4.28. The van der Waals surface area contributed by atoms with Crippen LogP contribution in [0.15, 0.2) is 30.0 Å². The highest BCUT2D eigenvalue weighted by Gasteiger charge is 2.48. The fraction of sp³-hybridized carbons (Fsp3) is 0.522. The molecule has 0 bridgehead atoms. The van der Waals surface area contributed by atoms with Crippen molar-refractivity contribution in [1.29, 1.82) is 9.56 Å². The van der Waals surface area contributed by atoms with Crippen LogP contribution in [0.2, 0.25) is 0 Å². The van der Waals surface area contributed by atoms with Gasteiger partial charge < -0.3 is 9.47 Å². The zero-order valence-corrected chi connectivity index (χ0v) is 38.0. The molecule has 2 aliphatic heterocycles. The number of rotatable bonds is 5. The quantitative estimate of drug-likeness (QED) is 0.176. The number of benzene rings is 2. The summed E-state index contributed by atoms with van der Waals surface area (Å²) in [6.45, 7) is 13.2. The van der Waals surface area contributed by atoms with Crippen LogP contribution in [0.1, 0.15) is 116 Å². The molecule has 2 saturated heterocycles. The standard InChI is InChI=1S/C24H30N2O5S.C22H28N2O3S/c1-6-7-18-12-16(2)21(17(3)13-18)22-19(27)14-24(15-20(22)31-23(28)30-4)8-10-26(11-9-24)32(5,25)29;1-5-6-17-11-15(2)20(16(3)12-17)21-18(25)13-22(14-19(21)26)7-9-24(10-8-22)28(4,23)27/h12-13,25H,8-11,14-15H2,1-5H3;11-12,21,23H,7-10,13-14H2,1-4H3. The van der Waals surface area contributed by atoms with Crippen molar-refractivity contribution in [2.75, 3.05) is 45.8 Å². The van der Waals surface area contributed by atoms with Crippen molar-refractivity contribution in [2.24, 2.45) is 10.8 Å². The average Bonchev–Trinajstić information content (AvgIpc) is 3.13. The van der Waals surface area contributed by atoms with Gasteiger partial charge in [-0.15, -0.1) is 11.8 Å². The van der Waals surface area contributed by atoms with Gasteiger partial charge in [0.15, 0.2) is 5.78 Å². The van der Waals surface area contributed by atoms with E-state index in [1.165, 1.54) is 19.6 Å². The molecule has 2 aliphatic carbocycles. The lowest BCUT2D eigenvalue weighted by Crippen LogP contribution is -2.48. The highest BCUT2D eigenvalue weighted by molar-refractivity contribution is 7.89. The van der Waals surface area contributed by atoms with Crippen molar-refractivity contribution in [3.63, 3.8) is 0 Å². The minimum absolute atomic E-state index is 0.00617. The average molecular weight is 859 g/mol. The molecule has 4 aliphatic rings. The van der Waals surface area contributed by atoms with Crippen LogP contribution >= 0.6 is 0 Å². The Morgan fingerprint density at radius 2 is 1.10 bits per heavy atom. The summed E-state index contributed by atoms with van der Waals surface area (Å²) in [5, 5.41) is 0. The number of hydrogen-bond acceptors (Lipinski definition) is 10. The van der Waals surface area contributed by atoms with Crippen LogP contribution in [0, 0.1) is 71.8 Å². The predicted molar refractivity (Wildman–Crippen MR) is 234 cm³/mol. The zero-order valence-electron chi connectivity index (χ0n) is 36.3. The van der Waals surface area contributed by atoms with Crippen LogP contribution in [0.25, 0.3) is 5.57 Å². The first-order chi connectivity index (χ1) is 28.1. The van der Waals surface area contributed by atoms with E-state index in [-0.39, 0.29) is 28.2 Å². The number of piperidine rings is 2. The maximum absolute atomic E-state index is 13.5. The monoisotopic (exact) mass is 858 g/mol. The van der Waals surface area contributed by atoms with Gasteiger partial charge in [-0.05, 0) is 136 Å². The number of ether oxygens (including phenoxy) is 2. The Balaban J connectivity index is 0.000000230. The lowest BCUT2D eigenvalue weighted by Gasteiger charge is -2.44. The van der Waals surface area contributed by atoms with Crippen molar-refractivity contribution in [1.82, 2.24) is 8.61 Å². The first-order valence-corrected chi connectivity index (χ1v) is 24.0. The number of carbonyl (C=O) groups excluding carboxylic acids is 4. The number of methoxy groups -OCH3 is 1. The molecule has 2 N–H and O–H groups in total. The fourth-order valence-electron chi connectivity index (χ4n) is 9.64. The van der Waals surface area contributed by atoms with Gasteiger partial charge in [-0.25, -0.2) is 31.4 Å². The number of nitrogens with one attached hydrogen (secondary N) is 2. The number of Topliss-reactive ketones (excluding diaryl/α,β-unsaturated/α-hetero) is 3. The third-order valence-corrected chi connectivity index (χ3v) is 15.2. The van der Waals surface area contributed by atoms with Gasteiger partial charge in [-0.3, -0.25) is 14.4 Å². The number of aryl methyl sites for hydroxylation is 4. The third-order valence-electron chi connectivity index (χ3n) is 12.5. The van der Waals surface area contributed by atoms with Crippen molar-refractivity contribution in [3.05, 3.63) is 74.5 Å². The highest BCUT2D eigenvalue weighted by atomic mass is 32.2. The lowest BCUT2D eigenvalue weighted by molar-refractivity contribution is -0.138. The summed E-state index contributed by atoms with van der Waals surface area (Å²) >= 11 is 0. The van der Waals surface area contributed by atoms with Crippen molar-refractivity contribution in [2.45, 2.75) is 98.8 Å². The molecule has 2 aromatic carbocycles. The summed E-state index contributed by atoms with van der Waals surface area (Å²) in [5.41, 5.74) is 6.75. The molecule has 6 rings (SSSR count). The van der Waals surface area contributed by atoms with E-state index < -0.39 is 31.9 Å². The minimum atomic E-state index is -2.79. The van der Waals surface area contributed by atoms with E-state index in [0.29, 0.717) is 88.9 Å². The van der Waals surface area contributed by atoms with Gasteiger partial charge in [0.25, 0.3) is 0 Å². The summed E-state index contributed by atoms with van der Waals surface area (Å²) in [4.78, 5) is 51.8. The van der Waals surface area contributed by atoms with Crippen LogP contribution in [-0.2, 0) is 43.7 Å². The Bertz CT molecular complexity index is 2420. The van der Waals surface area contributed by atoms with Gasteiger partial charge in [0, 0.05) is 75.5 Å². The first kappa shape index (κ1) is 46.5. The number of nitrogens with zero attached hydrogens (tertiary/aromatic N) is 2. The Labute approximate surface area is 356 Å². The Kier molecular flexibility index (Phi) is 14.1. The lowest BCUT2D eigenvalue weighted by atomic mass is 9.63. The fourth-order valence-corrected chi connectivity index (χ4v) is 11.4. The second-order valence-electron chi connectivity index (χ2n) is 17.1. The van der Waals surface area contributed by atoms with E-state index >= 15 is 0 Å². The topological polar surface area (TPSA) is 175 Å². The summed E-state index contributed by atoms with van der Waals surface area (Å²) in [5.74, 6) is 11.4. The number of hydrogen-bond donors (Lipinski definition) is 2. The largest absolute Gasteiger partial charge is 0.513 e. The van der Waals surface area contributed by atoms with Gasteiger partial charge in [-0.1, -0.05) is 11.8 Å².